The van der Waals surface area contributed by atoms with E-state index >= 15 is 0 Å². The highest BCUT2D eigenvalue weighted by Gasteiger charge is 2.28. The largest absolute Gasteiger partial charge is 0.392 e. The van der Waals surface area contributed by atoms with Gasteiger partial charge in [-0.2, -0.15) is 0 Å². The van der Waals surface area contributed by atoms with E-state index in [1.165, 1.54) is 21.1 Å². The topological polar surface area (TPSA) is 20.2 Å². The van der Waals surface area contributed by atoms with Crippen molar-refractivity contribution in [1.82, 2.24) is 0 Å². The molecule has 128 valence electrons. The Kier molecular flexibility index (Phi) is 5.21. The van der Waals surface area contributed by atoms with E-state index in [2.05, 4.69) is 99.6 Å². The van der Waals surface area contributed by atoms with Crippen LogP contribution < -0.4 is 15.6 Å². The van der Waals surface area contributed by atoms with Crippen LogP contribution in [0.25, 0.3) is 0 Å². The van der Waals surface area contributed by atoms with Crippen LogP contribution in [-0.4, -0.2) is 13.9 Å². The Labute approximate surface area is 152 Å². The van der Waals surface area contributed by atoms with Gasteiger partial charge in [0.25, 0.3) is 0 Å². The Morgan fingerprint density at radius 3 is 1.68 bits per heavy atom. The second-order valence-corrected chi connectivity index (χ2v) is 10.4. The Morgan fingerprint density at radius 2 is 1.24 bits per heavy atom. The van der Waals surface area contributed by atoms with E-state index in [1.807, 2.05) is 0 Å². The number of aliphatic hydroxyl groups is 1. The van der Waals surface area contributed by atoms with Gasteiger partial charge in [0.2, 0.25) is 0 Å². The molecule has 0 aliphatic heterocycles. The van der Waals surface area contributed by atoms with Crippen LogP contribution in [0, 0.1) is 0 Å². The summed E-state index contributed by atoms with van der Waals surface area (Å²) in [5.74, 6) is 0. The molecule has 0 heterocycles. The van der Waals surface area contributed by atoms with E-state index in [0.29, 0.717) is 0 Å². The van der Waals surface area contributed by atoms with Gasteiger partial charge < -0.3 is 5.11 Å². The van der Waals surface area contributed by atoms with Crippen LogP contribution in [0.5, 0.6) is 0 Å². The molecule has 2 heteroatoms. The second-order valence-electron chi connectivity index (χ2n) is 7.54. The van der Waals surface area contributed by atoms with Gasteiger partial charge in [-0.1, -0.05) is 110 Å². The highest BCUT2D eigenvalue weighted by Crippen LogP contribution is 2.25. The van der Waals surface area contributed by atoms with Gasteiger partial charge in [0.1, 0.15) is 8.80 Å². The molecule has 0 bridgehead atoms. The molecule has 3 aromatic carbocycles. The third-order valence-electron chi connectivity index (χ3n) is 4.68. The third kappa shape index (κ3) is 3.76. The van der Waals surface area contributed by atoms with E-state index in [0.717, 1.165) is 5.56 Å². The lowest BCUT2D eigenvalue weighted by Gasteiger charge is -2.30. The van der Waals surface area contributed by atoms with Crippen molar-refractivity contribution in [3.05, 3.63) is 90.0 Å². The van der Waals surface area contributed by atoms with Gasteiger partial charge in [0, 0.05) is 0 Å². The minimum Gasteiger partial charge on any atom is -0.392 e. The summed E-state index contributed by atoms with van der Waals surface area (Å²) in [6.07, 6.45) is 0. The first-order valence-electron chi connectivity index (χ1n) is 8.85. The fraction of sp³-hybridized carbons (Fsp3) is 0.217. The van der Waals surface area contributed by atoms with Gasteiger partial charge in [-0.3, -0.25) is 0 Å². The molecule has 1 N–H and O–H groups in total. The number of rotatable bonds is 4. The summed E-state index contributed by atoms with van der Waals surface area (Å²) in [5, 5.41) is 14.2. The van der Waals surface area contributed by atoms with Crippen molar-refractivity contribution in [3.8, 4) is 0 Å². The van der Waals surface area contributed by atoms with Crippen molar-refractivity contribution in [1.29, 1.82) is 0 Å². The Bertz CT molecular complexity index is 780. The van der Waals surface area contributed by atoms with Crippen LogP contribution >= 0.6 is 0 Å². The maximum Gasteiger partial charge on any atom is 0.133 e. The molecule has 0 atom stereocenters. The minimum atomic E-state index is -1.60. The molecule has 0 saturated carbocycles. The van der Waals surface area contributed by atoms with Crippen LogP contribution in [0.3, 0.4) is 0 Å². The lowest BCUT2D eigenvalue weighted by atomic mass is 9.84. The lowest BCUT2D eigenvalue weighted by molar-refractivity contribution is 0.278. The summed E-state index contributed by atoms with van der Waals surface area (Å²) >= 11 is 0. The predicted octanol–water partition coefficient (Wildman–Crippen LogP) is 2.72. The molecule has 0 fully saturated rings. The SMILES string of the molecule is CC(C)(C)c1c(CO)cccc1[SiH](c1ccccc1)c1ccccc1. The van der Waals surface area contributed by atoms with Gasteiger partial charge in [-0.25, -0.2) is 0 Å². The summed E-state index contributed by atoms with van der Waals surface area (Å²) in [5.41, 5.74) is 2.35. The highest BCUT2D eigenvalue weighted by molar-refractivity contribution is 6.95. The molecule has 0 unspecified atom stereocenters. The summed E-state index contributed by atoms with van der Waals surface area (Å²) in [7, 11) is -1.60. The molecule has 0 amide bonds. The van der Waals surface area contributed by atoms with E-state index in [1.54, 1.807) is 0 Å². The molecule has 1 nitrogen and oxygen atoms in total. The quantitative estimate of drug-likeness (QED) is 0.569. The average Bonchev–Trinajstić information content (AvgIpc) is 2.62. The molecule has 25 heavy (non-hydrogen) atoms. The van der Waals surface area contributed by atoms with Crippen LogP contribution in [0.1, 0.15) is 31.9 Å². The van der Waals surface area contributed by atoms with Gasteiger partial charge in [-0.05, 0) is 21.7 Å². The summed E-state index contributed by atoms with van der Waals surface area (Å²) < 4.78 is 0. The Morgan fingerprint density at radius 1 is 0.720 bits per heavy atom. The minimum absolute atomic E-state index is 0.0104. The fourth-order valence-electron chi connectivity index (χ4n) is 3.75. The standard InChI is InChI=1S/C23H26OSi/c1-23(2,3)22-18(17-24)11-10-16-21(22)25(19-12-6-4-7-13-19)20-14-8-5-9-15-20/h4-16,24-25H,17H2,1-3H3. The van der Waals surface area contributed by atoms with Crippen molar-refractivity contribution < 1.29 is 5.11 Å². The zero-order chi connectivity index (χ0) is 17.9. The van der Waals surface area contributed by atoms with Crippen molar-refractivity contribution in [2.24, 2.45) is 0 Å². The first-order chi connectivity index (χ1) is 12.0. The van der Waals surface area contributed by atoms with E-state index in [-0.39, 0.29) is 12.0 Å². The van der Waals surface area contributed by atoms with Crippen LogP contribution in [0.2, 0.25) is 0 Å². The van der Waals surface area contributed by atoms with Crippen LogP contribution in [0.4, 0.5) is 0 Å². The van der Waals surface area contributed by atoms with Gasteiger partial charge in [-0.15, -0.1) is 0 Å². The van der Waals surface area contributed by atoms with Crippen LogP contribution in [0.15, 0.2) is 78.9 Å². The number of benzene rings is 3. The zero-order valence-corrected chi connectivity index (χ0v) is 16.4. The van der Waals surface area contributed by atoms with Crippen molar-refractivity contribution >= 4 is 24.4 Å². The molecule has 3 rings (SSSR count). The molecular weight excluding hydrogens is 320 g/mol. The highest BCUT2D eigenvalue weighted by atomic mass is 28.3. The first kappa shape index (κ1) is 17.7. The number of aliphatic hydroxyl groups excluding tert-OH is 1. The summed E-state index contributed by atoms with van der Waals surface area (Å²) in [4.78, 5) is 0. The fourth-order valence-corrected chi connectivity index (χ4v) is 7.28. The molecule has 0 aliphatic carbocycles. The Balaban J connectivity index is 2.29. The molecule has 0 spiro atoms. The zero-order valence-electron chi connectivity index (χ0n) is 15.2. The molecular formula is C23H26OSi. The smallest absolute Gasteiger partial charge is 0.133 e. The monoisotopic (exact) mass is 346 g/mol. The van der Waals surface area contributed by atoms with Gasteiger partial charge in [0.05, 0.1) is 6.61 Å². The first-order valence-corrected chi connectivity index (χ1v) is 10.6. The molecule has 0 aromatic heterocycles. The summed E-state index contributed by atoms with van der Waals surface area (Å²) in [6.45, 7) is 6.82. The van der Waals surface area contributed by atoms with E-state index in [4.69, 9.17) is 0 Å². The number of hydrogen-bond donors (Lipinski definition) is 1. The van der Waals surface area contributed by atoms with Crippen molar-refractivity contribution in [2.45, 2.75) is 32.8 Å². The third-order valence-corrected chi connectivity index (χ3v) is 7.89. The molecule has 0 aliphatic rings. The van der Waals surface area contributed by atoms with Crippen molar-refractivity contribution in [2.75, 3.05) is 0 Å². The maximum absolute atomic E-state index is 9.94. The number of hydrogen-bond acceptors (Lipinski definition) is 1. The normalized spacial score (nSPS) is 11.7. The lowest BCUT2D eigenvalue weighted by Crippen LogP contribution is -2.54. The van der Waals surface area contributed by atoms with Crippen LogP contribution in [-0.2, 0) is 12.0 Å². The van der Waals surface area contributed by atoms with E-state index < -0.39 is 8.80 Å². The predicted molar refractivity (Wildman–Crippen MR) is 110 cm³/mol. The molecule has 0 radical (unpaired) electrons. The van der Waals surface area contributed by atoms with E-state index in [9.17, 15) is 5.11 Å². The molecule has 0 saturated heterocycles. The van der Waals surface area contributed by atoms with Gasteiger partial charge >= 0.3 is 0 Å². The average molecular weight is 347 g/mol. The Hall–Kier alpha value is -2.16. The van der Waals surface area contributed by atoms with Crippen molar-refractivity contribution in [3.63, 3.8) is 0 Å². The summed E-state index contributed by atoms with van der Waals surface area (Å²) in [6, 6.07) is 28.1. The maximum atomic E-state index is 9.94. The second kappa shape index (κ2) is 7.38. The molecule has 3 aromatic rings. The van der Waals surface area contributed by atoms with Gasteiger partial charge in [0.15, 0.2) is 0 Å².